The van der Waals surface area contributed by atoms with E-state index in [2.05, 4.69) is 0 Å². The summed E-state index contributed by atoms with van der Waals surface area (Å²) in [6, 6.07) is 7.85. The first-order valence-electron chi connectivity index (χ1n) is 6.70. The van der Waals surface area contributed by atoms with Crippen molar-refractivity contribution < 1.29 is 4.74 Å². The first-order chi connectivity index (χ1) is 9.22. The molecule has 0 N–H and O–H groups in total. The van der Waals surface area contributed by atoms with Gasteiger partial charge in [0.1, 0.15) is 0 Å². The molecule has 2 rings (SSSR count). The lowest BCUT2D eigenvalue weighted by atomic mass is 9.79. The highest BCUT2D eigenvalue weighted by molar-refractivity contribution is 6.32. The van der Waals surface area contributed by atoms with E-state index >= 15 is 0 Å². The standard InChI is InChI=1S/C15H19Cl3O/c16-10-15(11-17,8-7-12-4-3-9-19-12)13-5-1-2-6-14(13)18/h1-2,5-6,12H,3-4,7-11H2. The summed E-state index contributed by atoms with van der Waals surface area (Å²) < 4.78 is 5.68. The largest absolute Gasteiger partial charge is 0.378 e. The van der Waals surface area contributed by atoms with Gasteiger partial charge in [-0.25, -0.2) is 0 Å². The van der Waals surface area contributed by atoms with E-state index in [-0.39, 0.29) is 5.41 Å². The van der Waals surface area contributed by atoms with E-state index in [0.717, 1.165) is 42.9 Å². The lowest BCUT2D eigenvalue weighted by molar-refractivity contribution is 0.0977. The molecule has 4 heteroatoms. The Labute approximate surface area is 130 Å². The van der Waals surface area contributed by atoms with Crippen LogP contribution in [-0.4, -0.2) is 24.5 Å². The smallest absolute Gasteiger partial charge is 0.0576 e. The Hall–Kier alpha value is 0.0500. The van der Waals surface area contributed by atoms with Crippen molar-refractivity contribution in [2.45, 2.75) is 37.2 Å². The van der Waals surface area contributed by atoms with Crippen molar-refractivity contribution in [2.75, 3.05) is 18.4 Å². The molecule has 0 spiro atoms. The predicted molar refractivity (Wildman–Crippen MR) is 82.8 cm³/mol. The van der Waals surface area contributed by atoms with Gasteiger partial charge in [0, 0.05) is 28.8 Å². The molecular weight excluding hydrogens is 303 g/mol. The molecule has 0 bridgehead atoms. The molecule has 0 aliphatic carbocycles. The summed E-state index contributed by atoms with van der Waals surface area (Å²) in [5.74, 6) is 0.958. The number of hydrogen-bond acceptors (Lipinski definition) is 1. The van der Waals surface area contributed by atoms with Gasteiger partial charge in [-0.2, -0.15) is 0 Å². The van der Waals surface area contributed by atoms with E-state index in [1.165, 1.54) is 0 Å². The number of rotatable bonds is 6. The van der Waals surface area contributed by atoms with Gasteiger partial charge in [0.15, 0.2) is 0 Å². The Kier molecular flexibility index (Phi) is 5.83. The van der Waals surface area contributed by atoms with Crippen LogP contribution in [0.1, 0.15) is 31.2 Å². The highest BCUT2D eigenvalue weighted by Gasteiger charge is 2.33. The molecule has 0 aromatic heterocycles. The summed E-state index contributed by atoms with van der Waals surface area (Å²) in [6.45, 7) is 0.880. The summed E-state index contributed by atoms with van der Waals surface area (Å²) in [7, 11) is 0. The summed E-state index contributed by atoms with van der Waals surface area (Å²) in [4.78, 5) is 0. The molecule has 1 aromatic rings. The zero-order chi connectivity index (χ0) is 13.7. The van der Waals surface area contributed by atoms with E-state index in [0.29, 0.717) is 17.9 Å². The minimum Gasteiger partial charge on any atom is -0.378 e. The maximum atomic E-state index is 6.31. The van der Waals surface area contributed by atoms with E-state index in [4.69, 9.17) is 39.5 Å². The van der Waals surface area contributed by atoms with Gasteiger partial charge in [-0.05, 0) is 37.3 Å². The maximum Gasteiger partial charge on any atom is 0.0576 e. The Balaban J connectivity index is 2.14. The van der Waals surface area contributed by atoms with Crippen LogP contribution in [0.15, 0.2) is 24.3 Å². The molecule has 1 aliphatic rings. The first kappa shape index (κ1) is 15.4. The third kappa shape index (κ3) is 3.58. The van der Waals surface area contributed by atoms with Gasteiger partial charge < -0.3 is 4.74 Å². The summed E-state index contributed by atoms with van der Waals surface area (Å²) >= 11 is 18.8. The molecule has 106 valence electrons. The maximum absolute atomic E-state index is 6.31. The Bertz CT molecular complexity index is 398. The van der Waals surface area contributed by atoms with Gasteiger partial charge in [-0.15, -0.1) is 23.2 Å². The molecule has 19 heavy (non-hydrogen) atoms. The van der Waals surface area contributed by atoms with Crippen LogP contribution in [0, 0.1) is 0 Å². The third-order valence-corrected chi connectivity index (χ3v) is 5.28. The molecule has 1 aromatic carbocycles. The van der Waals surface area contributed by atoms with Crippen molar-refractivity contribution in [3.8, 4) is 0 Å². The van der Waals surface area contributed by atoms with Crippen LogP contribution >= 0.6 is 34.8 Å². The number of benzene rings is 1. The van der Waals surface area contributed by atoms with Crippen LogP contribution < -0.4 is 0 Å². The molecule has 0 radical (unpaired) electrons. The van der Waals surface area contributed by atoms with E-state index < -0.39 is 0 Å². The zero-order valence-corrected chi connectivity index (χ0v) is 13.1. The second-order valence-corrected chi connectivity index (χ2v) is 6.14. The van der Waals surface area contributed by atoms with Crippen molar-refractivity contribution in [3.05, 3.63) is 34.9 Å². The Morgan fingerprint density at radius 1 is 1.21 bits per heavy atom. The van der Waals surface area contributed by atoms with Crippen LogP contribution in [0.4, 0.5) is 0 Å². The molecule has 1 aliphatic heterocycles. The van der Waals surface area contributed by atoms with Crippen molar-refractivity contribution in [3.63, 3.8) is 0 Å². The number of halogens is 3. The summed E-state index contributed by atoms with van der Waals surface area (Å²) in [6.07, 6.45) is 4.56. The van der Waals surface area contributed by atoms with Gasteiger partial charge in [-0.3, -0.25) is 0 Å². The quantitative estimate of drug-likeness (QED) is 0.669. The monoisotopic (exact) mass is 320 g/mol. The van der Waals surface area contributed by atoms with Gasteiger partial charge in [0.25, 0.3) is 0 Å². The Morgan fingerprint density at radius 2 is 1.95 bits per heavy atom. The van der Waals surface area contributed by atoms with Crippen LogP contribution in [0.2, 0.25) is 5.02 Å². The second-order valence-electron chi connectivity index (χ2n) is 5.20. The van der Waals surface area contributed by atoms with Crippen molar-refractivity contribution >= 4 is 34.8 Å². The SMILES string of the molecule is ClCC(CCl)(CCC1CCCO1)c1ccccc1Cl. The average molecular weight is 322 g/mol. The zero-order valence-electron chi connectivity index (χ0n) is 10.9. The molecule has 1 nitrogen and oxygen atoms in total. The molecule has 1 heterocycles. The molecular formula is C15H19Cl3O. The molecule has 1 saturated heterocycles. The van der Waals surface area contributed by atoms with Crippen molar-refractivity contribution in [2.24, 2.45) is 0 Å². The number of hydrogen-bond donors (Lipinski definition) is 0. The lowest BCUT2D eigenvalue weighted by Gasteiger charge is -2.32. The van der Waals surface area contributed by atoms with Crippen LogP contribution in [0.5, 0.6) is 0 Å². The van der Waals surface area contributed by atoms with Gasteiger partial charge >= 0.3 is 0 Å². The highest BCUT2D eigenvalue weighted by atomic mass is 35.5. The molecule has 0 amide bonds. The Morgan fingerprint density at radius 3 is 2.53 bits per heavy atom. The average Bonchev–Trinajstić information content (AvgIpc) is 2.95. The number of ether oxygens (including phenoxy) is 1. The van der Waals surface area contributed by atoms with Gasteiger partial charge in [0.05, 0.1) is 6.10 Å². The fourth-order valence-electron chi connectivity index (χ4n) is 2.65. The van der Waals surface area contributed by atoms with Gasteiger partial charge in [0.2, 0.25) is 0 Å². The minimum atomic E-state index is -0.257. The minimum absolute atomic E-state index is 0.257. The fraction of sp³-hybridized carbons (Fsp3) is 0.600. The topological polar surface area (TPSA) is 9.23 Å². The van der Waals surface area contributed by atoms with E-state index in [1.54, 1.807) is 0 Å². The lowest BCUT2D eigenvalue weighted by Crippen LogP contribution is -2.32. The van der Waals surface area contributed by atoms with E-state index in [1.807, 2.05) is 24.3 Å². The highest BCUT2D eigenvalue weighted by Crippen LogP contribution is 2.38. The van der Waals surface area contributed by atoms with Crippen LogP contribution in [0.3, 0.4) is 0 Å². The van der Waals surface area contributed by atoms with Crippen molar-refractivity contribution in [1.29, 1.82) is 0 Å². The molecule has 0 saturated carbocycles. The van der Waals surface area contributed by atoms with Crippen molar-refractivity contribution in [1.82, 2.24) is 0 Å². The van der Waals surface area contributed by atoms with E-state index in [9.17, 15) is 0 Å². The predicted octanol–water partition coefficient (Wildman–Crippen LogP) is 5.01. The third-order valence-electron chi connectivity index (χ3n) is 3.93. The first-order valence-corrected chi connectivity index (χ1v) is 8.15. The number of alkyl halides is 2. The summed E-state index contributed by atoms with van der Waals surface area (Å²) in [5, 5.41) is 0.746. The van der Waals surface area contributed by atoms with Crippen LogP contribution in [-0.2, 0) is 10.2 Å². The van der Waals surface area contributed by atoms with Crippen LogP contribution in [0.25, 0.3) is 0 Å². The normalized spacial score (nSPS) is 19.8. The molecule has 1 atom stereocenters. The molecule has 1 unspecified atom stereocenters. The molecule has 1 fully saturated rings. The fourth-order valence-corrected chi connectivity index (χ4v) is 3.83. The summed E-state index contributed by atoms with van der Waals surface area (Å²) in [5.41, 5.74) is 0.799. The second kappa shape index (κ2) is 7.17. The van der Waals surface area contributed by atoms with Gasteiger partial charge in [-0.1, -0.05) is 29.8 Å².